The Morgan fingerprint density at radius 2 is 1.67 bits per heavy atom. The summed E-state index contributed by atoms with van der Waals surface area (Å²) in [4.78, 5) is 31.0. The molecule has 2 aromatic carbocycles. The van der Waals surface area contributed by atoms with Crippen LogP contribution in [0, 0.1) is 0 Å². The van der Waals surface area contributed by atoms with Crippen molar-refractivity contribution in [3.05, 3.63) is 84.7 Å². The Labute approximate surface area is 172 Å². The number of nitrogens with one attached hydrogen (secondary N) is 1. The normalized spacial score (nSPS) is 10.5. The van der Waals surface area contributed by atoms with E-state index in [1.54, 1.807) is 18.2 Å². The molecule has 0 saturated heterocycles. The number of ether oxygens (including phenoxy) is 1. The molecule has 0 radical (unpaired) electrons. The van der Waals surface area contributed by atoms with E-state index in [2.05, 4.69) is 15.3 Å². The van der Waals surface area contributed by atoms with E-state index < -0.39 is 18.4 Å². The monoisotopic (exact) mass is 399 g/mol. The lowest BCUT2D eigenvalue weighted by atomic mass is 10.1. The number of carboxylic acid groups (broad SMARTS) is 1. The van der Waals surface area contributed by atoms with Gasteiger partial charge in [-0.3, -0.25) is 9.59 Å². The van der Waals surface area contributed by atoms with Gasteiger partial charge in [-0.05, 0) is 35.4 Å². The van der Waals surface area contributed by atoms with Crippen LogP contribution in [0.15, 0.2) is 79.0 Å². The highest BCUT2D eigenvalue weighted by Gasteiger charge is 2.10. The van der Waals surface area contributed by atoms with Gasteiger partial charge in [0.15, 0.2) is 0 Å². The van der Waals surface area contributed by atoms with Gasteiger partial charge < -0.3 is 15.2 Å². The predicted molar refractivity (Wildman–Crippen MR) is 111 cm³/mol. The highest BCUT2D eigenvalue weighted by molar-refractivity contribution is 5.97. The SMILES string of the molecule is O=C(O)CNC(=O)c1cc2ccc(Oc3ccc(-c4ccccc4)cc3)nc2cn1. The van der Waals surface area contributed by atoms with Crippen molar-refractivity contribution in [1.29, 1.82) is 0 Å². The lowest BCUT2D eigenvalue weighted by Gasteiger charge is -2.08. The summed E-state index contributed by atoms with van der Waals surface area (Å²) in [5.74, 6) is -0.624. The first-order valence-corrected chi connectivity index (χ1v) is 9.18. The van der Waals surface area contributed by atoms with Gasteiger partial charge >= 0.3 is 5.97 Å². The summed E-state index contributed by atoms with van der Waals surface area (Å²) in [6, 6.07) is 22.8. The van der Waals surface area contributed by atoms with Gasteiger partial charge in [0.05, 0.1) is 11.7 Å². The predicted octanol–water partition coefficient (Wildman–Crippen LogP) is 3.90. The van der Waals surface area contributed by atoms with Crippen LogP contribution >= 0.6 is 0 Å². The zero-order chi connectivity index (χ0) is 20.9. The van der Waals surface area contributed by atoms with Crippen LogP contribution in [-0.2, 0) is 4.79 Å². The van der Waals surface area contributed by atoms with Gasteiger partial charge in [0, 0.05) is 11.5 Å². The van der Waals surface area contributed by atoms with E-state index in [1.165, 1.54) is 6.20 Å². The summed E-state index contributed by atoms with van der Waals surface area (Å²) in [5, 5.41) is 11.6. The number of hydrogen-bond donors (Lipinski definition) is 2. The zero-order valence-corrected chi connectivity index (χ0v) is 15.8. The highest BCUT2D eigenvalue weighted by atomic mass is 16.5. The maximum Gasteiger partial charge on any atom is 0.322 e. The van der Waals surface area contributed by atoms with E-state index in [-0.39, 0.29) is 5.69 Å². The fourth-order valence-corrected chi connectivity index (χ4v) is 2.90. The van der Waals surface area contributed by atoms with E-state index in [0.717, 1.165) is 11.1 Å². The Bertz CT molecular complexity index is 1210. The second kappa shape index (κ2) is 8.40. The first-order chi connectivity index (χ1) is 14.6. The average Bonchev–Trinajstić information content (AvgIpc) is 2.78. The van der Waals surface area contributed by atoms with Crippen molar-refractivity contribution in [3.8, 4) is 22.8 Å². The molecule has 0 aliphatic rings. The van der Waals surface area contributed by atoms with E-state index >= 15 is 0 Å². The van der Waals surface area contributed by atoms with Gasteiger partial charge in [0.25, 0.3) is 5.91 Å². The van der Waals surface area contributed by atoms with Gasteiger partial charge in [0.2, 0.25) is 5.88 Å². The average molecular weight is 399 g/mol. The number of amides is 1. The summed E-state index contributed by atoms with van der Waals surface area (Å²) in [6.07, 6.45) is 1.45. The first kappa shape index (κ1) is 19.1. The van der Waals surface area contributed by atoms with Crippen LogP contribution in [0.3, 0.4) is 0 Å². The number of hydrogen-bond acceptors (Lipinski definition) is 5. The Morgan fingerprint density at radius 1 is 0.933 bits per heavy atom. The second-order valence-corrected chi connectivity index (χ2v) is 6.48. The minimum atomic E-state index is -1.12. The molecule has 0 fully saturated rings. The van der Waals surface area contributed by atoms with Crippen LogP contribution in [0.2, 0.25) is 0 Å². The molecule has 4 aromatic rings. The molecule has 0 aliphatic heterocycles. The molecule has 0 saturated carbocycles. The topological polar surface area (TPSA) is 101 Å². The quantitative estimate of drug-likeness (QED) is 0.510. The molecule has 30 heavy (non-hydrogen) atoms. The Hall–Kier alpha value is -4.26. The number of pyridine rings is 2. The van der Waals surface area contributed by atoms with Gasteiger partial charge in [-0.15, -0.1) is 0 Å². The van der Waals surface area contributed by atoms with Crippen LogP contribution in [0.5, 0.6) is 11.6 Å². The van der Waals surface area contributed by atoms with Crippen molar-refractivity contribution in [1.82, 2.24) is 15.3 Å². The van der Waals surface area contributed by atoms with Gasteiger partial charge in [-0.1, -0.05) is 42.5 Å². The maximum atomic E-state index is 11.9. The van der Waals surface area contributed by atoms with E-state index in [4.69, 9.17) is 9.84 Å². The number of carbonyl (C=O) groups excluding carboxylic acids is 1. The molecule has 4 rings (SSSR count). The molecular formula is C23H17N3O4. The van der Waals surface area contributed by atoms with Crippen LogP contribution < -0.4 is 10.1 Å². The molecule has 1 amide bonds. The largest absolute Gasteiger partial charge is 0.480 e. The maximum absolute atomic E-state index is 11.9. The standard InChI is InChI=1S/C23H17N3O4/c27-22(28)14-25-23(29)19-12-17-8-11-21(26-20(17)13-24-19)30-18-9-6-16(7-10-18)15-4-2-1-3-5-15/h1-13H,14H2,(H,25,29)(H,27,28). The van der Waals surface area contributed by atoms with E-state index in [9.17, 15) is 9.59 Å². The molecule has 148 valence electrons. The molecule has 0 unspecified atom stereocenters. The summed E-state index contributed by atoms with van der Waals surface area (Å²) in [5.41, 5.74) is 2.90. The molecule has 7 heteroatoms. The molecule has 0 aliphatic carbocycles. The van der Waals surface area contributed by atoms with Crippen LogP contribution in [0.4, 0.5) is 0 Å². The molecule has 0 spiro atoms. The minimum absolute atomic E-state index is 0.121. The van der Waals surface area contributed by atoms with Crippen molar-refractivity contribution in [3.63, 3.8) is 0 Å². The fourth-order valence-electron chi connectivity index (χ4n) is 2.90. The lowest BCUT2D eigenvalue weighted by Crippen LogP contribution is -2.29. The number of rotatable bonds is 6. The van der Waals surface area contributed by atoms with E-state index in [0.29, 0.717) is 22.5 Å². The Morgan fingerprint density at radius 3 is 2.40 bits per heavy atom. The van der Waals surface area contributed by atoms with Gasteiger partial charge in [-0.25, -0.2) is 9.97 Å². The smallest absolute Gasteiger partial charge is 0.322 e. The fraction of sp³-hybridized carbons (Fsp3) is 0.0435. The summed E-state index contributed by atoms with van der Waals surface area (Å²) in [7, 11) is 0. The van der Waals surface area contributed by atoms with Crippen molar-refractivity contribution in [2.45, 2.75) is 0 Å². The number of carboxylic acids is 1. The van der Waals surface area contributed by atoms with Crippen molar-refractivity contribution < 1.29 is 19.4 Å². The van der Waals surface area contributed by atoms with Gasteiger partial charge in [-0.2, -0.15) is 0 Å². The molecule has 0 bridgehead atoms. The van der Waals surface area contributed by atoms with Gasteiger partial charge in [0.1, 0.15) is 18.0 Å². The third-order valence-corrected chi connectivity index (χ3v) is 4.37. The molecule has 2 heterocycles. The Kier molecular flexibility index (Phi) is 5.34. The van der Waals surface area contributed by atoms with Crippen molar-refractivity contribution >= 4 is 22.8 Å². The molecular weight excluding hydrogens is 382 g/mol. The van der Waals surface area contributed by atoms with E-state index in [1.807, 2.05) is 54.6 Å². The first-order valence-electron chi connectivity index (χ1n) is 9.18. The number of carbonyl (C=O) groups is 2. The number of aromatic nitrogens is 2. The molecule has 0 atom stereocenters. The number of benzene rings is 2. The third-order valence-electron chi connectivity index (χ3n) is 4.37. The highest BCUT2D eigenvalue weighted by Crippen LogP contribution is 2.26. The number of fused-ring (bicyclic) bond motifs is 1. The molecule has 2 N–H and O–H groups in total. The molecule has 7 nitrogen and oxygen atoms in total. The van der Waals surface area contributed by atoms with Crippen molar-refractivity contribution in [2.24, 2.45) is 0 Å². The summed E-state index contributed by atoms with van der Waals surface area (Å²) >= 11 is 0. The molecule has 2 aromatic heterocycles. The van der Waals surface area contributed by atoms with Crippen molar-refractivity contribution in [2.75, 3.05) is 6.54 Å². The number of nitrogens with zero attached hydrogens (tertiary/aromatic N) is 2. The lowest BCUT2D eigenvalue weighted by molar-refractivity contribution is -0.135. The summed E-state index contributed by atoms with van der Waals surface area (Å²) in [6.45, 7) is -0.466. The zero-order valence-electron chi connectivity index (χ0n) is 15.8. The number of aliphatic carboxylic acids is 1. The Balaban J connectivity index is 1.49. The van der Waals surface area contributed by atoms with Crippen LogP contribution in [0.25, 0.3) is 22.0 Å². The summed E-state index contributed by atoms with van der Waals surface area (Å²) < 4.78 is 5.84. The second-order valence-electron chi connectivity index (χ2n) is 6.48. The minimum Gasteiger partial charge on any atom is -0.480 e. The van der Waals surface area contributed by atoms with Crippen LogP contribution in [0.1, 0.15) is 10.5 Å². The van der Waals surface area contributed by atoms with Crippen LogP contribution in [-0.4, -0.2) is 33.5 Å². The third kappa shape index (κ3) is 4.41.